The first-order chi connectivity index (χ1) is 12.2. The Bertz CT molecular complexity index is 729. The van der Waals surface area contributed by atoms with Crippen molar-refractivity contribution in [3.8, 4) is 5.19 Å². The number of thiazole rings is 1. The Morgan fingerprint density at radius 1 is 1.32 bits per heavy atom. The molecule has 1 aromatic carbocycles. The monoisotopic (exact) mass is 376 g/mol. The van der Waals surface area contributed by atoms with Gasteiger partial charge in [0.2, 0.25) is 0 Å². The number of rotatable bonds is 7. The summed E-state index contributed by atoms with van der Waals surface area (Å²) < 4.78 is 5.65. The molecule has 2 fully saturated rings. The molecule has 2 aromatic rings. The van der Waals surface area contributed by atoms with Gasteiger partial charge in [0.1, 0.15) is 0 Å². The Labute approximate surface area is 155 Å². The van der Waals surface area contributed by atoms with Crippen molar-refractivity contribution in [2.24, 2.45) is 0 Å². The molecule has 1 saturated carbocycles. The Hall–Kier alpha value is -1.57. The van der Waals surface area contributed by atoms with Gasteiger partial charge in [-0.1, -0.05) is 35.2 Å². The molecule has 1 aliphatic carbocycles. The fourth-order valence-corrected chi connectivity index (χ4v) is 4.77. The van der Waals surface area contributed by atoms with Gasteiger partial charge in [-0.2, -0.15) is 0 Å². The number of aliphatic hydroxyl groups excluding tert-OH is 1. The summed E-state index contributed by atoms with van der Waals surface area (Å²) in [6.07, 6.45) is 4.58. The van der Waals surface area contributed by atoms with Crippen molar-refractivity contribution in [2.75, 3.05) is 23.9 Å². The van der Waals surface area contributed by atoms with Crippen molar-refractivity contribution in [3.63, 3.8) is 0 Å². The van der Waals surface area contributed by atoms with E-state index in [9.17, 15) is 9.90 Å². The lowest BCUT2D eigenvalue weighted by Crippen LogP contribution is -2.34. The summed E-state index contributed by atoms with van der Waals surface area (Å²) in [5, 5.41) is 12.2. The molecule has 1 atom stereocenters. The van der Waals surface area contributed by atoms with Gasteiger partial charge in [0, 0.05) is 34.9 Å². The van der Waals surface area contributed by atoms with E-state index in [0.717, 1.165) is 30.7 Å². The van der Waals surface area contributed by atoms with E-state index in [1.165, 1.54) is 28.7 Å². The molecule has 4 rings (SSSR count). The lowest BCUT2D eigenvalue weighted by molar-refractivity contribution is 0.255. The zero-order chi connectivity index (χ0) is 17.3. The molecule has 2 aliphatic rings. The number of hydrogen-bond acceptors (Lipinski definition) is 6. The maximum atomic E-state index is 12.3. The van der Waals surface area contributed by atoms with Gasteiger partial charge in [0.15, 0.2) is 0 Å². The van der Waals surface area contributed by atoms with Crippen LogP contribution in [0.3, 0.4) is 0 Å². The molecule has 0 bridgehead atoms. The molecule has 5 nitrogen and oxygen atoms in total. The average Bonchev–Trinajstić information content (AvgIpc) is 3.10. The van der Waals surface area contributed by atoms with Crippen molar-refractivity contribution in [2.45, 2.75) is 30.7 Å². The van der Waals surface area contributed by atoms with E-state index in [4.69, 9.17) is 4.74 Å². The number of ether oxygens (including phenoxy) is 1. The molecular weight excluding hydrogens is 356 g/mol. The Morgan fingerprint density at radius 3 is 2.76 bits per heavy atom. The molecule has 1 aromatic heterocycles. The second kappa shape index (κ2) is 6.97. The standard InChI is InChI=1S/C18H20N2O3S2/c21-12-18(6-7-18)13-1-3-14(4-2-13)20-15(11-25-17(20)22)5-9-23-16-19-8-10-24-16/h1-4,8,10,15,21H,5-7,9,11-12H2/t15-/m0/s1. The number of nitrogens with zero attached hydrogens (tertiary/aromatic N) is 2. The van der Waals surface area contributed by atoms with Gasteiger partial charge < -0.3 is 9.84 Å². The van der Waals surface area contributed by atoms with Crippen LogP contribution in [-0.4, -0.2) is 40.3 Å². The highest BCUT2D eigenvalue weighted by Crippen LogP contribution is 2.48. The smallest absolute Gasteiger partial charge is 0.286 e. The summed E-state index contributed by atoms with van der Waals surface area (Å²) in [5.74, 6) is 0.780. The van der Waals surface area contributed by atoms with E-state index in [2.05, 4.69) is 17.1 Å². The quantitative estimate of drug-likeness (QED) is 0.799. The molecule has 0 unspecified atom stereocenters. The zero-order valence-corrected chi connectivity index (χ0v) is 15.4. The van der Waals surface area contributed by atoms with Crippen LogP contribution in [0.2, 0.25) is 0 Å². The van der Waals surface area contributed by atoms with E-state index in [1.54, 1.807) is 6.20 Å². The van der Waals surface area contributed by atoms with Gasteiger partial charge in [0.05, 0.1) is 19.3 Å². The van der Waals surface area contributed by atoms with Crippen molar-refractivity contribution >= 4 is 34.0 Å². The van der Waals surface area contributed by atoms with Crippen LogP contribution < -0.4 is 9.64 Å². The molecule has 1 aliphatic heterocycles. The van der Waals surface area contributed by atoms with Crippen molar-refractivity contribution < 1.29 is 14.6 Å². The predicted molar refractivity (Wildman–Crippen MR) is 101 cm³/mol. The number of benzene rings is 1. The molecular formula is C18H20N2O3S2. The number of hydrogen-bond donors (Lipinski definition) is 1. The van der Waals surface area contributed by atoms with Crippen LogP contribution in [0, 0.1) is 0 Å². The van der Waals surface area contributed by atoms with Crippen LogP contribution in [0.25, 0.3) is 0 Å². The van der Waals surface area contributed by atoms with Crippen LogP contribution in [-0.2, 0) is 5.41 Å². The van der Waals surface area contributed by atoms with Crippen molar-refractivity contribution in [3.05, 3.63) is 41.4 Å². The number of anilines is 1. The highest BCUT2D eigenvalue weighted by Gasteiger charge is 2.43. The third kappa shape index (κ3) is 3.41. The highest BCUT2D eigenvalue weighted by atomic mass is 32.2. The van der Waals surface area contributed by atoms with E-state index in [-0.39, 0.29) is 23.3 Å². The summed E-state index contributed by atoms with van der Waals surface area (Å²) in [4.78, 5) is 18.3. The van der Waals surface area contributed by atoms with Gasteiger partial charge in [-0.15, -0.1) is 0 Å². The van der Waals surface area contributed by atoms with E-state index >= 15 is 0 Å². The Balaban J connectivity index is 1.42. The lowest BCUT2D eigenvalue weighted by atomic mass is 9.96. The van der Waals surface area contributed by atoms with Crippen LogP contribution in [0.4, 0.5) is 10.5 Å². The summed E-state index contributed by atoms with van der Waals surface area (Å²) in [5.41, 5.74) is 2.05. The second-order valence-electron chi connectivity index (χ2n) is 6.52. The Kier molecular flexibility index (Phi) is 4.71. The van der Waals surface area contributed by atoms with E-state index in [1.807, 2.05) is 22.4 Å². The van der Waals surface area contributed by atoms with Gasteiger partial charge in [-0.3, -0.25) is 9.69 Å². The van der Waals surface area contributed by atoms with Crippen LogP contribution >= 0.6 is 23.1 Å². The lowest BCUT2D eigenvalue weighted by Gasteiger charge is -2.24. The molecule has 1 amide bonds. The maximum absolute atomic E-state index is 12.3. The summed E-state index contributed by atoms with van der Waals surface area (Å²) in [7, 11) is 0. The van der Waals surface area contributed by atoms with Crippen molar-refractivity contribution in [1.82, 2.24) is 4.98 Å². The van der Waals surface area contributed by atoms with Gasteiger partial charge in [-0.05, 0) is 30.5 Å². The number of carbonyl (C=O) groups is 1. The van der Waals surface area contributed by atoms with Crippen LogP contribution in [0.15, 0.2) is 35.8 Å². The number of aromatic nitrogens is 1. The molecule has 0 radical (unpaired) electrons. The fourth-order valence-electron chi connectivity index (χ4n) is 3.22. The molecule has 2 heterocycles. The SMILES string of the molecule is O=C1SC[C@H](CCOc2nccs2)N1c1ccc(C2(CO)CC2)cc1. The highest BCUT2D eigenvalue weighted by molar-refractivity contribution is 8.14. The van der Waals surface area contributed by atoms with Gasteiger partial charge >= 0.3 is 0 Å². The van der Waals surface area contributed by atoms with E-state index in [0.29, 0.717) is 11.8 Å². The Morgan fingerprint density at radius 2 is 2.12 bits per heavy atom. The van der Waals surface area contributed by atoms with Gasteiger partial charge in [0.25, 0.3) is 10.4 Å². The topological polar surface area (TPSA) is 62.7 Å². The second-order valence-corrected chi connectivity index (χ2v) is 8.35. The summed E-state index contributed by atoms with van der Waals surface area (Å²) in [6, 6.07) is 8.25. The molecule has 1 saturated heterocycles. The number of aliphatic hydroxyl groups is 1. The largest absolute Gasteiger partial charge is 0.470 e. The minimum atomic E-state index is -0.0384. The van der Waals surface area contributed by atoms with Crippen molar-refractivity contribution in [1.29, 1.82) is 0 Å². The third-order valence-electron chi connectivity index (χ3n) is 4.96. The fraction of sp³-hybridized carbons (Fsp3) is 0.444. The first-order valence-electron chi connectivity index (χ1n) is 8.41. The third-order valence-corrected chi connectivity index (χ3v) is 6.64. The molecule has 25 heavy (non-hydrogen) atoms. The van der Waals surface area contributed by atoms with Gasteiger partial charge in [-0.25, -0.2) is 4.98 Å². The average molecular weight is 377 g/mol. The molecule has 0 spiro atoms. The van der Waals surface area contributed by atoms with Crippen LogP contribution in [0.1, 0.15) is 24.8 Å². The molecule has 132 valence electrons. The zero-order valence-electron chi connectivity index (χ0n) is 13.8. The minimum absolute atomic E-state index is 0.0384. The minimum Gasteiger partial charge on any atom is -0.470 e. The summed E-state index contributed by atoms with van der Waals surface area (Å²) in [6.45, 7) is 0.746. The summed E-state index contributed by atoms with van der Waals surface area (Å²) >= 11 is 2.84. The maximum Gasteiger partial charge on any atom is 0.286 e. The number of amides is 1. The van der Waals surface area contributed by atoms with Crippen LogP contribution in [0.5, 0.6) is 5.19 Å². The predicted octanol–water partition coefficient (Wildman–Crippen LogP) is 3.68. The normalized spacial score (nSPS) is 21.6. The molecule has 7 heteroatoms. The first kappa shape index (κ1) is 16.9. The first-order valence-corrected chi connectivity index (χ1v) is 10.3. The number of carbonyl (C=O) groups excluding carboxylic acids is 1. The van der Waals surface area contributed by atoms with E-state index < -0.39 is 0 Å². The number of thioether (sulfide) groups is 1. The molecule has 1 N–H and O–H groups in total.